The molecule has 0 unspecified atom stereocenters. The van der Waals surface area contributed by atoms with Crippen molar-refractivity contribution < 1.29 is 4.79 Å². The summed E-state index contributed by atoms with van der Waals surface area (Å²) in [5.41, 5.74) is 3.07. The number of aromatic amines is 1. The molecule has 1 amide bonds. The average molecular weight is 324 g/mol. The number of carbonyl (C=O) groups is 1. The van der Waals surface area contributed by atoms with Gasteiger partial charge in [-0.2, -0.15) is 0 Å². The number of aromatic nitrogens is 1. The molecule has 0 aliphatic carbocycles. The van der Waals surface area contributed by atoms with Crippen LogP contribution < -0.4 is 10.6 Å². The second-order valence-electron chi connectivity index (χ2n) is 6.39. The predicted octanol–water partition coefficient (Wildman–Crippen LogP) is 1.45. The summed E-state index contributed by atoms with van der Waals surface area (Å²) in [5.74, 6) is 5.12. The zero-order valence-electron chi connectivity index (χ0n) is 14.3. The maximum absolute atomic E-state index is 11.2. The van der Waals surface area contributed by atoms with Crippen LogP contribution in [0.5, 0.6) is 0 Å². The van der Waals surface area contributed by atoms with Gasteiger partial charge in [0.05, 0.1) is 5.69 Å². The topological polar surface area (TPSA) is 60.2 Å². The molecule has 1 saturated heterocycles. The van der Waals surface area contributed by atoms with E-state index < -0.39 is 0 Å². The van der Waals surface area contributed by atoms with Gasteiger partial charge in [0.15, 0.2) is 0 Å². The summed E-state index contributed by atoms with van der Waals surface area (Å²) >= 11 is 0. The zero-order valence-corrected chi connectivity index (χ0v) is 14.3. The van der Waals surface area contributed by atoms with Crippen LogP contribution in [0.2, 0.25) is 0 Å². The first-order valence-corrected chi connectivity index (χ1v) is 8.41. The number of carbonyl (C=O) groups excluding carboxylic acids is 1. The Balaban J connectivity index is 1.65. The number of piperidine rings is 1. The molecular formula is C19H24N4O. The van der Waals surface area contributed by atoms with Gasteiger partial charge in [0, 0.05) is 36.5 Å². The number of fused-ring (bicyclic) bond motifs is 1. The number of hydrogen-bond donors (Lipinski definition) is 3. The summed E-state index contributed by atoms with van der Waals surface area (Å²) in [6.07, 6.45) is 2.42. The number of nitrogens with one attached hydrogen (secondary N) is 3. The Morgan fingerprint density at radius 3 is 2.88 bits per heavy atom. The Hall–Kier alpha value is -2.29. The molecule has 1 aliphatic rings. The third kappa shape index (κ3) is 4.16. The van der Waals surface area contributed by atoms with Crippen molar-refractivity contribution >= 4 is 16.8 Å². The number of amides is 1. The van der Waals surface area contributed by atoms with Gasteiger partial charge in [0.1, 0.15) is 0 Å². The molecule has 0 radical (unpaired) electrons. The number of rotatable bonds is 3. The fraction of sp³-hybridized carbons (Fsp3) is 0.421. The van der Waals surface area contributed by atoms with Crippen molar-refractivity contribution in [3.05, 3.63) is 35.5 Å². The van der Waals surface area contributed by atoms with Crippen LogP contribution in [0.3, 0.4) is 0 Å². The van der Waals surface area contributed by atoms with Gasteiger partial charge >= 0.3 is 0 Å². The van der Waals surface area contributed by atoms with Crippen molar-refractivity contribution in [1.82, 2.24) is 20.5 Å². The molecule has 0 bridgehead atoms. The van der Waals surface area contributed by atoms with Gasteiger partial charge in [0.25, 0.3) is 5.91 Å². The molecule has 0 saturated carbocycles. The summed E-state index contributed by atoms with van der Waals surface area (Å²) in [6.45, 7) is 3.22. The largest absolute Gasteiger partial charge is 0.348 e. The SMILES string of the molecule is CNC(=O)C#Cc1cc2cc(CNC3CCN(C)CC3)ccc2[nH]1. The van der Waals surface area contributed by atoms with Gasteiger partial charge in [-0.1, -0.05) is 6.07 Å². The van der Waals surface area contributed by atoms with Gasteiger partial charge in [0.2, 0.25) is 0 Å². The predicted molar refractivity (Wildman–Crippen MR) is 96.6 cm³/mol. The van der Waals surface area contributed by atoms with E-state index in [4.69, 9.17) is 0 Å². The Kier molecular flexibility index (Phi) is 5.19. The first kappa shape index (κ1) is 16.6. The Morgan fingerprint density at radius 1 is 1.33 bits per heavy atom. The molecule has 3 rings (SSSR count). The van der Waals surface area contributed by atoms with E-state index in [2.05, 4.69) is 57.6 Å². The van der Waals surface area contributed by atoms with Crippen molar-refractivity contribution in [2.45, 2.75) is 25.4 Å². The lowest BCUT2D eigenvalue weighted by atomic mass is 10.0. The van der Waals surface area contributed by atoms with E-state index in [-0.39, 0.29) is 5.91 Å². The van der Waals surface area contributed by atoms with E-state index in [9.17, 15) is 4.79 Å². The molecule has 24 heavy (non-hydrogen) atoms. The Bertz CT molecular complexity index is 775. The number of benzene rings is 1. The minimum atomic E-state index is -0.281. The van der Waals surface area contributed by atoms with E-state index in [1.165, 1.54) is 31.5 Å². The van der Waals surface area contributed by atoms with Crippen LogP contribution in [0.25, 0.3) is 10.9 Å². The van der Waals surface area contributed by atoms with Gasteiger partial charge in [-0.05, 0) is 62.7 Å². The summed E-state index contributed by atoms with van der Waals surface area (Å²) < 4.78 is 0. The molecule has 2 aromatic rings. The molecule has 3 N–H and O–H groups in total. The van der Waals surface area contributed by atoms with Crippen LogP contribution in [0.4, 0.5) is 0 Å². The van der Waals surface area contributed by atoms with Crippen LogP contribution in [0.1, 0.15) is 24.1 Å². The molecule has 1 aliphatic heterocycles. The van der Waals surface area contributed by atoms with E-state index in [1.807, 2.05) is 6.07 Å². The maximum atomic E-state index is 11.2. The van der Waals surface area contributed by atoms with Crippen molar-refractivity contribution in [2.24, 2.45) is 0 Å². The molecule has 5 heteroatoms. The molecule has 0 spiro atoms. The minimum absolute atomic E-state index is 0.281. The standard InChI is InChI=1S/C19H24N4O/c1-20-19(24)6-4-17-12-15-11-14(3-5-18(15)22-17)13-21-16-7-9-23(2)10-8-16/h3,5,11-12,16,21-22H,7-10,13H2,1-2H3,(H,20,24). The molecule has 1 aromatic heterocycles. The van der Waals surface area contributed by atoms with Crippen LogP contribution in [0.15, 0.2) is 24.3 Å². The number of hydrogen-bond acceptors (Lipinski definition) is 3. The molecular weight excluding hydrogens is 300 g/mol. The maximum Gasteiger partial charge on any atom is 0.296 e. The highest BCUT2D eigenvalue weighted by molar-refractivity contribution is 5.94. The average Bonchev–Trinajstić information content (AvgIpc) is 3.01. The Labute approximate surface area is 142 Å². The third-order valence-corrected chi connectivity index (χ3v) is 4.54. The fourth-order valence-electron chi connectivity index (χ4n) is 3.02. The van der Waals surface area contributed by atoms with E-state index >= 15 is 0 Å². The summed E-state index contributed by atoms with van der Waals surface area (Å²) in [7, 11) is 3.76. The quantitative estimate of drug-likeness (QED) is 0.749. The first-order valence-electron chi connectivity index (χ1n) is 8.41. The number of H-pyrrole nitrogens is 1. The molecule has 1 fully saturated rings. The lowest BCUT2D eigenvalue weighted by molar-refractivity contribution is -0.115. The van der Waals surface area contributed by atoms with Crippen LogP contribution in [0, 0.1) is 11.8 Å². The summed E-state index contributed by atoms with van der Waals surface area (Å²) in [6, 6.07) is 8.99. The minimum Gasteiger partial charge on any atom is -0.348 e. The fourth-order valence-corrected chi connectivity index (χ4v) is 3.02. The zero-order chi connectivity index (χ0) is 16.9. The second kappa shape index (κ2) is 7.52. The van der Waals surface area contributed by atoms with Crippen molar-refractivity contribution in [3.8, 4) is 11.8 Å². The smallest absolute Gasteiger partial charge is 0.296 e. The van der Waals surface area contributed by atoms with Gasteiger partial charge in [-0.15, -0.1) is 0 Å². The molecule has 126 valence electrons. The Morgan fingerprint density at radius 2 is 2.12 bits per heavy atom. The van der Waals surface area contributed by atoms with E-state index in [1.54, 1.807) is 7.05 Å². The van der Waals surface area contributed by atoms with Crippen molar-refractivity contribution in [3.63, 3.8) is 0 Å². The van der Waals surface area contributed by atoms with Gasteiger partial charge < -0.3 is 20.5 Å². The van der Waals surface area contributed by atoms with Crippen LogP contribution >= 0.6 is 0 Å². The van der Waals surface area contributed by atoms with Gasteiger partial charge in [-0.3, -0.25) is 4.79 Å². The van der Waals surface area contributed by atoms with Crippen LogP contribution in [-0.2, 0) is 11.3 Å². The highest BCUT2D eigenvalue weighted by atomic mass is 16.1. The monoisotopic (exact) mass is 324 g/mol. The lowest BCUT2D eigenvalue weighted by Gasteiger charge is -2.29. The molecule has 5 nitrogen and oxygen atoms in total. The highest BCUT2D eigenvalue weighted by Crippen LogP contribution is 2.17. The van der Waals surface area contributed by atoms with E-state index in [0.717, 1.165) is 23.1 Å². The van der Waals surface area contributed by atoms with Crippen LogP contribution in [-0.4, -0.2) is 49.0 Å². The molecule has 2 heterocycles. The molecule has 0 atom stereocenters. The number of nitrogens with zero attached hydrogens (tertiary/aromatic N) is 1. The van der Waals surface area contributed by atoms with E-state index in [0.29, 0.717) is 6.04 Å². The van der Waals surface area contributed by atoms with Gasteiger partial charge in [-0.25, -0.2) is 0 Å². The third-order valence-electron chi connectivity index (χ3n) is 4.54. The lowest BCUT2D eigenvalue weighted by Crippen LogP contribution is -2.40. The van der Waals surface area contributed by atoms with Crippen molar-refractivity contribution in [2.75, 3.05) is 27.2 Å². The van der Waals surface area contributed by atoms with Crippen molar-refractivity contribution in [1.29, 1.82) is 0 Å². The molecule has 1 aromatic carbocycles. The first-order chi connectivity index (χ1) is 11.6. The number of likely N-dealkylation sites (tertiary alicyclic amines) is 1. The highest BCUT2D eigenvalue weighted by Gasteiger charge is 2.15. The normalized spacial score (nSPS) is 15.9. The summed E-state index contributed by atoms with van der Waals surface area (Å²) in [5, 5.41) is 7.27. The second-order valence-corrected chi connectivity index (χ2v) is 6.39. The summed E-state index contributed by atoms with van der Waals surface area (Å²) in [4.78, 5) is 16.8.